The third-order valence-corrected chi connectivity index (χ3v) is 6.41. The Hall–Kier alpha value is -3.52. The molecule has 0 atom stereocenters. The van der Waals surface area contributed by atoms with Crippen molar-refractivity contribution in [2.45, 2.75) is 64.5 Å². The summed E-state index contributed by atoms with van der Waals surface area (Å²) in [5.41, 5.74) is 3.48. The van der Waals surface area contributed by atoms with E-state index in [-0.39, 0.29) is 0 Å². The maximum Gasteiger partial charge on any atom is 0.490 e. The Morgan fingerprint density at radius 1 is 1.00 bits per heavy atom. The smallest absolute Gasteiger partial charge is 0.475 e. The Morgan fingerprint density at radius 3 is 2.02 bits per heavy atom. The van der Waals surface area contributed by atoms with Crippen LogP contribution in [0.15, 0.2) is 42.7 Å². The molecule has 0 spiro atoms. The predicted octanol–water partition coefficient (Wildman–Crippen LogP) is 7.33. The number of benzene rings is 2. The van der Waals surface area contributed by atoms with Crippen LogP contribution in [0, 0.1) is 5.41 Å². The highest BCUT2D eigenvalue weighted by molar-refractivity contribution is 6.31. The van der Waals surface area contributed by atoms with Gasteiger partial charge >= 0.3 is 24.3 Å². The summed E-state index contributed by atoms with van der Waals surface area (Å²) in [6.07, 6.45) is -3.44. The maximum absolute atomic E-state index is 10.6. The summed E-state index contributed by atoms with van der Waals surface area (Å²) < 4.78 is 69.4. The second-order valence-corrected chi connectivity index (χ2v) is 10.3. The lowest BCUT2D eigenvalue weighted by Crippen LogP contribution is -2.35. The van der Waals surface area contributed by atoms with Crippen molar-refractivity contribution in [3.05, 3.63) is 53.3 Å². The third kappa shape index (κ3) is 11.5. The molecule has 41 heavy (non-hydrogen) atoms. The van der Waals surface area contributed by atoms with Crippen LogP contribution >= 0.6 is 11.6 Å². The number of hydrogen-bond donors (Lipinski definition) is 4. The topological polar surface area (TPSA) is 125 Å². The number of aromatic nitrogens is 2. The van der Waals surface area contributed by atoms with E-state index >= 15 is 0 Å². The normalized spacial score (nSPS) is 15.2. The zero-order chi connectivity index (χ0) is 31.0. The number of hydrogen-bond acceptors (Lipinski definition) is 5. The summed E-state index contributed by atoms with van der Waals surface area (Å²) in [7, 11) is 0. The van der Waals surface area contributed by atoms with Gasteiger partial charge in [-0.3, -0.25) is 0 Å². The van der Waals surface area contributed by atoms with Crippen LogP contribution in [0.3, 0.4) is 0 Å². The van der Waals surface area contributed by atoms with Crippen molar-refractivity contribution < 1.29 is 50.9 Å². The number of aromatic amines is 1. The number of rotatable bonds is 5. The molecular weight excluding hydrogens is 584 g/mol. The Morgan fingerprint density at radius 2 is 1.51 bits per heavy atom. The van der Waals surface area contributed by atoms with Crippen molar-refractivity contribution in [2.24, 2.45) is 5.41 Å². The van der Waals surface area contributed by atoms with Gasteiger partial charge in [-0.15, -0.1) is 0 Å². The number of imidazole rings is 1. The Bertz CT molecular complexity index is 1290. The minimum atomic E-state index is -5.08. The molecule has 0 bridgehead atoms. The third-order valence-electron chi connectivity index (χ3n) is 6.06. The van der Waals surface area contributed by atoms with E-state index in [1.54, 1.807) is 6.33 Å². The number of aliphatic carboxylic acids is 2. The number of nitrogens with zero attached hydrogens (tertiary/aromatic N) is 1. The lowest BCUT2D eigenvalue weighted by Gasteiger charge is -2.34. The summed E-state index contributed by atoms with van der Waals surface area (Å²) in [5.74, 6) is -4.01. The van der Waals surface area contributed by atoms with E-state index in [9.17, 15) is 26.3 Å². The zero-order valence-electron chi connectivity index (χ0n) is 21.9. The molecule has 8 nitrogen and oxygen atoms in total. The molecule has 0 amide bonds. The molecule has 3 aromatic rings. The molecule has 226 valence electrons. The Balaban J connectivity index is 0.000000349. The van der Waals surface area contributed by atoms with Gasteiger partial charge in [-0.2, -0.15) is 26.3 Å². The number of H-pyrrole nitrogens is 1. The summed E-state index contributed by atoms with van der Waals surface area (Å²) in [6, 6.07) is 12.3. The largest absolute Gasteiger partial charge is 0.490 e. The van der Waals surface area contributed by atoms with Gasteiger partial charge in [0.1, 0.15) is 11.5 Å². The van der Waals surface area contributed by atoms with E-state index < -0.39 is 24.3 Å². The number of carboxylic acid groups (broad SMARTS) is 2. The van der Waals surface area contributed by atoms with Gasteiger partial charge in [0, 0.05) is 23.7 Å². The first kappa shape index (κ1) is 33.7. The fourth-order valence-corrected chi connectivity index (χ4v) is 3.94. The number of nitrogens with one attached hydrogen (secondary N) is 2. The van der Waals surface area contributed by atoms with E-state index in [0.29, 0.717) is 11.5 Å². The molecule has 1 aliphatic carbocycles. The maximum atomic E-state index is 10.6. The van der Waals surface area contributed by atoms with E-state index in [1.807, 2.05) is 36.4 Å². The van der Waals surface area contributed by atoms with Gasteiger partial charge in [-0.05, 0) is 60.9 Å². The molecule has 1 aromatic heterocycles. The van der Waals surface area contributed by atoms with Crippen molar-refractivity contribution in [3.8, 4) is 11.5 Å². The van der Waals surface area contributed by atoms with E-state index in [0.717, 1.165) is 39.7 Å². The zero-order valence-corrected chi connectivity index (χ0v) is 22.6. The lowest BCUT2D eigenvalue weighted by molar-refractivity contribution is -0.193. The number of carboxylic acids is 2. The van der Waals surface area contributed by atoms with Crippen LogP contribution in [0.4, 0.5) is 26.3 Å². The van der Waals surface area contributed by atoms with E-state index in [1.165, 1.54) is 25.7 Å². The molecular formula is C26H28ClF6N3O5. The average molecular weight is 612 g/mol. The summed E-state index contributed by atoms with van der Waals surface area (Å²) in [4.78, 5) is 25.1. The molecule has 1 heterocycles. The van der Waals surface area contributed by atoms with Gasteiger partial charge in [0.15, 0.2) is 0 Å². The molecule has 0 aliphatic heterocycles. The molecule has 2 aromatic carbocycles. The molecule has 15 heteroatoms. The van der Waals surface area contributed by atoms with Gasteiger partial charge in [0.2, 0.25) is 0 Å². The van der Waals surface area contributed by atoms with Crippen molar-refractivity contribution in [3.63, 3.8) is 0 Å². The average Bonchev–Trinajstić information content (AvgIpc) is 3.32. The number of carbonyl (C=O) groups is 2. The van der Waals surface area contributed by atoms with Gasteiger partial charge in [0.05, 0.1) is 17.4 Å². The molecule has 1 aliphatic rings. The first-order valence-electron chi connectivity index (χ1n) is 12.1. The van der Waals surface area contributed by atoms with Crippen LogP contribution in [0.5, 0.6) is 11.5 Å². The summed E-state index contributed by atoms with van der Waals surface area (Å²) in [5, 5.41) is 18.7. The summed E-state index contributed by atoms with van der Waals surface area (Å²) in [6.45, 7) is 5.52. The first-order chi connectivity index (χ1) is 18.9. The van der Waals surface area contributed by atoms with Crippen LogP contribution in [-0.4, -0.2) is 50.5 Å². The second-order valence-electron chi connectivity index (χ2n) is 9.86. The minimum absolute atomic E-state index is 0.494. The number of fused-ring (bicyclic) bond motifs is 1. The molecule has 0 saturated heterocycles. The quantitative estimate of drug-likeness (QED) is 0.223. The van der Waals surface area contributed by atoms with Crippen molar-refractivity contribution >= 4 is 34.6 Å². The van der Waals surface area contributed by atoms with Crippen LogP contribution in [-0.2, 0) is 16.1 Å². The minimum Gasteiger partial charge on any atom is -0.475 e. The number of halogens is 7. The molecule has 0 unspecified atom stereocenters. The number of alkyl halides is 6. The SMILES string of the molecule is CC1(C)CCC(NCc2ccc(Oc3ccc4nc[nH]c4c3)cc2Cl)CC1.O=C(O)C(F)(F)F.O=C(O)C(F)(F)F. The van der Waals surface area contributed by atoms with Gasteiger partial charge in [-0.1, -0.05) is 31.5 Å². The fraction of sp³-hybridized carbons (Fsp3) is 0.423. The van der Waals surface area contributed by atoms with Crippen LogP contribution in [0.2, 0.25) is 5.02 Å². The molecule has 1 fully saturated rings. The lowest BCUT2D eigenvalue weighted by atomic mass is 9.75. The molecule has 4 N–H and O–H groups in total. The Labute approximate surface area is 235 Å². The molecule has 0 radical (unpaired) electrons. The Kier molecular flexibility index (Phi) is 11.4. The summed E-state index contributed by atoms with van der Waals surface area (Å²) >= 11 is 6.50. The second kappa shape index (κ2) is 13.9. The number of ether oxygens (including phenoxy) is 1. The predicted molar refractivity (Wildman–Crippen MR) is 138 cm³/mol. The van der Waals surface area contributed by atoms with E-state index in [4.69, 9.17) is 36.1 Å². The monoisotopic (exact) mass is 611 g/mol. The molecule has 4 rings (SSSR count). The van der Waals surface area contributed by atoms with Crippen molar-refractivity contribution in [2.75, 3.05) is 0 Å². The van der Waals surface area contributed by atoms with Gasteiger partial charge in [-0.25, -0.2) is 14.6 Å². The van der Waals surface area contributed by atoms with E-state index in [2.05, 4.69) is 29.1 Å². The van der Waals surface area contributed by atoms with Crippen molar-refractivity contribution in [1.29, 1.82) is 0 Å². The van der Waals surface area contributed by atoms with Crippen LogP contribution in [0.25, 0.3) is 11.0 Å². The van der Waals surface area contributed by atoms with Crippen LogP contribution < -0.4 is 10.1 Å². The van der Waals surface area contributed by atoms with Crippen LogP contribution in [0.1, 0.15) is 45.1 Å². The highest BCUT2D eigenvalue weighted by Gasteiger charge is 2.38. The van der Waals surface area contributed by atoms with Gasteiger partial charge < -0.3 is 25.3 Å². The highest BCUT2D eigenvalue weighted by Crippen LogP contribution is 2.35. The first-order valence-corrected chi connectivity index (χ1v) is 12.5. The van der Waals surface area contributed by atoms with Crippen molar-refractivity contribution in [1.82, 2.24) is 15.3 Å². The standard InChI is InChI=1S/C22H26ClN3O.2C2HF3O2/c1-22(2)9-7-16(8-10-22)24-13-15-3-4-17(11-19(15)23)27-18-5-6-20-21(12-18)26-14-25-20;2*3-2(4,5)1(6)7/h3-6,11-12,14,16,24H,7-10,13H2,1-2H3,(H,25,26);2*(H,6,7). The fourth-order valence-electron chi connectivity index (χ4n) is 3.71. The highest BCUT2D eigenvalue weighted by atomic mass is 35.5. The molecule has 1 saturated carbocycles. The van der Waals surface area contributed by atoms with Gasteiger partial charge in [0.25, 0.3) is 0 Å².